The van der Waals surface area contributed by atoms with Gasteiger partial charge in [-0.15, -0.1) is 0 Å². The van der Waals surface area contributed by atoms with E-state index in [2.05, 4.69) is 24.1 Å². The smallest absolute Gasteiger partial charge is 0.238 e. The molecule has 0 aliphatic rings. The molecule has 5 heteroatoms. The van der Waals surface area contributed by atoms with Crippen LogP contribution in [-0.2, 0) is 9.53 Å². The summed E-state index contributed by atoms with van der Waals surface area (Å²) in [6, 6.07) is 0. The minimum absolute atomic E-state index is 0.310. The number of hydrogen-bond acceptors (Lipinski definition) is 4. The molecule has 1 amide bonds. The number of carbonyl (C=O) groups excluding carboxylic acids is 1. The Kier molecular flexibility index (Phi) is 8.15. The van der Waals surface area contributed by atoms with Crippen LogP contribution >= 0.6 is 0 Å². The monoisotopic (exact) mass is 259 g/mol. The van der Waals surface area contributed by atoms with E-state index in [0.717, 1.165) is 19.6 Å². The van der Waals surface area contributed by atoms with Crippen molar-refractivity contribution in [2.45, 2.75) is 33.2 Å². The number of amides is 1. The normalized spacial score (nSPS) is 15.1. The topological polar surface area (TPSA) is 67.6 Å². The molecule has 0 saturated carbocycles. The summed E-state index contributed by atoms with van der Waals surface area (Å²) in [6.07, 6.45) is 0. The molecule has 1 unspecified atom stereocenters. The SMILES string of the molecule is CCNC(C)(CN(CCOC)CC(C)C)C(N)=O. The molecule has 0 spiro atoms. The van der Waals surface area contributed by atoms with Crippen LogP contribution in [0.4, 0.5) is 0 Å². The average molecular weight is 259 g/mol. The summed E-state index contributed by atoms with van der Waals surface area (Å²) < 4.78 is 5.11. The first-order chi connectivity index (χ1) is 8.35. The highest BCUT2D eigenvalue weighted by Gasteiger charge is 2.32. The van der Waals surface area contributed by atoms with Crippen molar-refractivity contribution < 1.29 is 9.53 Å². The van der Waals surface area contributed by atoms with Gasteiger partial charge in [0.25, 0.3) is 0 Å². The van der Waals surface area contributed by atoms with E-state index in [4.69, 9.17) is 10.5 Å². The first-order valence-electron chi connectivity index (χ1n) is 6.62. The third-order valence-electron chi connectivity index (χ3n) is 2.89. The van der Waals surface area contributed by atoms with E-state index in [1.54, 1.807) is 7.11 Å². The van der Waals surface area contributed by atoms with Crippen LogP contribution < -0.4 is 11.1 Å². The Balaban J connectivity index is 4.62. The molecule has 108 valence electrons. The molecule has 3 N–H and O–H groups in total. The highest BCUT2D eigenvalue weighted by Crippen LogP contribution is 2.09. The predicted molar refractivity (Wildman–Crippen MR) is 74.4 cm³/mol. The zero-order valence-corrected chi connectivity index (χ0v) is 12.5. The van der Waals surface area contributed by atoms with Gasteiger partial charge in [0.1, 0.15) is 5.54 Å². The van der Waals surface area contributed by atoms with E-state index in [1.807, 2.05) is 13.8 Å². The largest absolute Gasteiger partial charge is 0.383 e. The van der Waals surface area contributed by atoms with Gasteiger partial charge < -0.3 is 15.8 Å². The molecule has 18 heavy (non-hydrogen) atoms. The van der Waals surface area contributed by atoms with Crippen molar-refractivity contribution >= 4 is 5.91 Å². The number of methoxy groups -OCH3 is 1. The van der Waals surface area contributed by atoms with Crippen LogP contribution in [0.5, 0.6) is 0 Å². The lowest BCUT2D eigenvalue weighted by Crippen LogP contribution is -2.60. The zero-order valence-electron chi connectivity index (χ0n) is 12.5. The fraction of sp³-hybridized carbons (Fsp3) is 0.923. The van der Waals surface area contributed by atoms with E-state index in [-0.39, 0.29) is 5.91 Å². The van der Waals surface area contributed by atoms with Gasteiger partial charge in [-0.1, -0.05) is 20.8 Å². The number of nitrogens with zero attached hydrogens (tertiary/aromatic N) is 1. The Bertz CT molecular complexity index is 246. The summed E-state index contributed by atoms with van der Waals surface area (Å²) in [6.45, 7) is 11.9. The molecule has 0 heterocycles. The second kappa shape index (κ2) is 8.45. The van der Waals surface area contributed by atoms with Crippen LogP contribution in [-0.4, -0.2) is 56.2 Å². The molecule has 0 aromatic heterocycles. The van der Waals surface area contributed by atoms with Crippen LogP contribution in [0.15, 0.2) is 0 Å². The quantitative estimate of drug-likeness (QED) is 0.597. The van der Waals surface area contributed by atoms with Crippen LogP contribution in [0.25, 0.3) is 0 Å². The molecule has 1 atom stereocenters. The van der Waals surface area contributed by atoms with Gasteiger partial charge in [0, 0.05) is 26.7 Å². The lowest BCUT2D eigenvalue weighted by atomic mass is 10.00. The number of ether oxygens (including phenoxy) is 1. The van der Waals surface area contributed by atoms with Crippen molar-refractivity contribution in [3.63, 3.8) is 0 Å². The van der Waals surface area contributed by atoms with Crippen LogP contribution in [0.2, 0.25) is 0 Å². The van der Waals surface area contributed by atoms with Gasteiger partial charge in [0.15, 0.2) is 0 Å². The van der Waals surface area contributed by atoms with Crippen LogP contribution in [0.3, 0.4) is 0 Å². The van der Waals surface area contributed by atoms with E-state index in [9.17, 15) is 4.79 Å². The third kappa shape index (κ3) is 6.33. The number of hydrogen-bond donors (Lipinski definition) is 2. The van der Waals surface area contributed by atoms with Crippen LogP contribution in [0.1, 0.15) is 27.7 Å². The molecule has 0 aromatic carbocycles. The standard InChI is InChI=1S/C13H29N3O2/c1-6-15-13(4,12(14)17)10-16(7-8-18-5)9-11(2)3/h11,15H,6-10H2,1-5H3,(H2,14,17). The van der Waals surface area contributed by atoms with Crippen LogP contribution in [0, 0.1) is 5.92 Å². The Morgan fingerprint density at radius 3 is 2.50 bits per heavy atom. The van der Waals surface area contributed by atoms with Crippen molar-refractivity contribution in [2.75, 3.05) is 39.9 Å². The molecule has 0 saturated heterocycles. The third-order valence-corrected chi connectivity index (χ3v) is 2.89. The molecule has 0 rings (SSSR count). The fourth-order valence-electron chi connectivity index (χ4n) is 2.03. The van der Waals surface area contributed by atoms with Gasteiger partial charge in [-0.2, -0.15) is 0 Å². The highest BCUT2D eigenvalue weighted by atomic mass is 16.5. The molecular formula is C13H29N3O2. The average Bonchev–Trinajstić information content (AvgIpc) is 2.25. The summed E-state index contributed by atoms with van der Waals surface area (Å²) in [7, 11) is 1.69. The molecule has 0 bridgehead atoms. The van der Waals surface area contributed by atoms with Crippen molar-refractivity contribution in [1.29, 1.82) is 0 Å². The highest BCUT2D eigenvalue weighted by molar-refractivity contribution is 5.84. The number of primary amides is 1. The maximum atomic E-state index is 11.6. The first kappa shape index (κ1) is 17.4. The summed E-state index contributed by atoms with van der Waals surface area (Å²) in [5.74, 6) is 0.233. The van der Waals surface area contributed by atoms with Crippen molar-refractivity contribution in [2.24, 2.45) is 11.7 Å². The summed E-state index contributed by atoms with van der Waals surface area (Å²) >= 11 is 0. The van der Waals surface area contributed by atoms with Gasteiger partial charge in [0.2, 0.25) is 5.91 Å². The molecule has 0 radical (unpaired) electrons. The van der Waals surface area contributed by atoms with Gasteiger partial charge in [-0.05, 0) is 19.4 Å². The van der Waals surface area contributed by atoms with Gasteiger partial charge in [-0.25, -0.2) is 0 Å². The minimum atomic E-state index is -0.683. The molecule has 5 nitrogen and oxygen atoms in total. The Morgan fingerprint density at radius 2 is 2.11 bits per heavy atom. The van der Waals surface area contributed by atoms with Crippen molar-refractivity contribution in [1.82, 2.24) is 10.2 Å². The van der Waals surface area contributed by atoms with Gasteiger partial charge >= 0.3 is 0 Å². The lowest BCUT2D eigenvalue weighted by Gasteiger charge is -2.34. The predicted octanol–water partition coefficient (Wildman–Crippen LogP) is 0.444. The first-order valence-corrected chi connectivity index (χ1v) is 6.62. The molecular weight excluding hydrogens is 230 g/mol. The van der Waals surface area contributed by atoms with E-state index in [0.29, 0.717) is 19.1 Å². The number of carbonyl (C=O) groups is 1. The molecule has 0 fully saturated rings. The van der Waals surface area contributed by atoms with E-state index in [1.165, 1.54) is 0 Å². The molecule has 0 aliphatic carbocycles. The number of likely N-dealkylation sites (N-methyl/N-ethyl adjacent to an activating group) is 1. The second-order valence-corrected chi connectivity index (χ2v) is 5.35. The minimum Gasteiger partial charge on any atom is -0.383 e. The Hall–Kier alpha value is -0.650. The molecule has 0 aromatic rings. The second-order valence-electron chi connectivity index (χ2n) is 5.35. The van der Waals surface area contributed by atoms with Crippen molar-refractivity contribution in [3.8, 4) is 0 Å². The molecule has 0 aliphatic heterocycles. The van der Waals surface area contributed by atoms with Gasteiger partial charge in [-0.3, -0.25) is 9.69 Å². The fourth-order valence-corrected chi connectivity index (χ4v) is 2.03. The summed E-state index contributed by atoms with van der Waals surface area (Å²) in [4.78, 5) is 13.8. The van der Waals surface area contributed by atoms with E-state index >= 15 is 0 Å². The summed E-state index contributed by atoms with van der Waals surface area (Å²) in [5.41, 5.74) is 4.82. The lowest BCUT2D eigenvalue weighted by molar-refractivity contribution is -0.124. The summed E-state index contributed by atoms with van der Waals surface area (Å²) in [5, 5.41) is 3.18. The van der Waals surface area contributed by atoms with E-state index < -0.39 is 5.54 Å². The number of rotatable bonds is 10. The Morgan fingerprint density at radius 1 is 1.50 bits per heavy atom. The number of nitrogens with two attached hydrogens (primary N) is 1. The zero-order chi connectivity index (χ0) is 14.2. The van der Waals surface area contributed by atoms with Crippen molar-refractivity contribution in [3.05, 3.63) is 0 Å². The maximum Gasteiger partial charge on any atom is 0.238 e. The maximum absolute atomic E-state index is 11.6. The Labute approximate surface area is 111 Å². The van der Waals surface area contributed by atoms with Gasteiger partial charge in [0.05, 0.1) is 6.61 Å². The number of nitrogens with one attached hydrogen (secondary N) is 1.